The first-order valence-electron chi connectivity index (χ1n) is 4.69. The van der Waals surface area contributed by atoms with E-state index in [1.807, 2.05) is 25.1 Å². The summed E-state index contributed by atoms with van der Waals surface area (Å²) in [4.78, 5) is 11.2. The van der Waals surface area contributed by atoms with Crippen LogP contribution in [0.15, 0.2) is 24.3 Å². The van der Waals surface area contributed by atoms with Crippen molar-refractivity contribution in [3.63, 3.8) is 0 Å². The van der Waals surface area contributed by atoms with E-state index >= 15 is 0 Å². The maximum Gasteiger partial charge on any atom is 0.328 e. The molecule has 0 spiro atoms. The molecule has 0 radical (unpaired) electrons. The topological polar surface area (TPSA) is 52.3 Å². The Kier molecular flexibility index (Phi) is 3.65. The number of hydrogen-bond acceptors (Lipinski definition) is 3. The van der Waals surface area contributed by atoms with Crippen LogP contribution in [0, 0.1) is 0 Å². The summed E-state index contributed by atoms with van der Waals surface area (Å²) in [6, 6.07) is 6.87. The minimum atomic E-state index is -0.583. The Balaban J connectivity index is 2.72. The Morgan fingerprint density at radius 1 is 1.57 bits per heavy atom. The molecule has 1 unspecified atom stereocenters. The molecule has 3 nitrogen and oxygen atoms in total. The molecule has 0 amide bonds. The lowest BCUT2D eigenvalue weighted by Crippen LogP contribution is -2.30. The largest absolute Gasteiger partial charge is 0.425 e. The van der Waals surface area contributed by atoms with Gasteiger partial charge in [0.1, 0.15) is 11.8 Å². The molecule has 0 saturated heterocycles. The number of ether oxygens (including phenoxy) is 1. The van der Waals surface area contributed by atoms with Crippen LogP contribution in [0.2, 0.25) is 0 Å². The van der Waals surface area contributed by atoms with Crippen molar-refractivity contribution in [3.8, 4) is 5.75 Å². The zero-order chi connectivity index (χ0) is 10.6. The van der Waals surface area contributed by atoms with Crippen molar-refractivity contribution < 1.29 is 9.53 Å². The summed E-state index contributed by atoms with van der Waals surface area (Å²) >= 11 is 0. The van der Waals surface area contributed by atoms with Crippen molar-refractivity contribution in [1.82, 2.24) is 0 Å². The van der Waals surface area contributed by atoms with E-state index in [4.69, 9.17) is 10.5 Å². The fourth-order valence-corrected chi connectivity index (χ4v) is 1.04. The molecule has 0 aliphatic heterocycles. The molecule has 1 atom stereocenters. The molecule has 1 aromatic rings. The smallest absolute Gasteiger partial charge is 0.328 e. The van der Waals surface area contributed by atoms with E-state index in [1.54, 1.807) is 13.0 Å². The summed E-state index contributed by atoms with van der Waals surface area (Å²) in [5.74, 6) is 0.157. The van der Waals surface area contributed by atoms with E-state index in [0.29, 0.717) is 5.75 Å². The van der Waals surface area contributed by atoms with E-state index < -0.39 is 12.0 Å². The van der Waals surface area contributed by atoms with Gasteiger partial charge in [0, 0.05) is 0 Å². The molecule has 1 aromatic carbocycles. The van der Waals surface area contributed by atoms with Crippen LogP contribution in [0.3, 0.4) is 0 Å². The number of benzene rings is 1. The van der Waals surface area contributed by atoms with E-state index in [2.05, 4.69) is 0 Å². The van der Waals surface area contributed by atoms with Gasteiger partial charge in [-0.3, -0.25) is 0 Å². The molecule has 0 aromatic heterocycles. The lowest BCUT2D eigenvalue weighted by atomic mass is 10.2. The van der Waals surface area contributed by atoms with Gasteiger partial charge in [0.05, 0.1) is 0 Å². The van der Waals surface area contributed by atoms with E-state index in [0.717, 1.165) is 12.0 Å². The number of esters is 1. The van der Waals surface area contributed by atoms with Gasteiger partial charge in [-0.15, -0.1) is 0 Å². The fourth-order valence-electron chi connectivity index (χ4n) is 1.04. The molecule has 76 valence electrons. The highest BCUT2D eigenvalue weighted by Crippen LogP contribution is 2.13. The van der Waals surface area contributed by atoms with E-state index in [1.165, 1.54) is 0 Å². The number of rotatable bonds is 3. The third-order valence-electron chi connectivity index (χ3n) is 1.90. The van der Waals surface area contributed by atoms with Gasteiger partial charge in [-0.25, -0.2) is 4.79 Å². The fraction of sp³-hybridized carbons (Fsp3) is 0.364. The molecule has 0 heterocycles. The Bertz CT molecular complexity index is 321. The highest BCUT2D eigenvalue weighted by molar-refractivity contribution is 5.77. The second kappa shape index (κ2) is 4.77. The molecule has 0 fully saturated rings. The van der Waals surface area contributed by atoms with Crippen LogP contribution in [0.5, 0.6) is 5.75 Å². The van der Waals surface area contributed by atoms with Crippen LogP contribution < -0.4 is 10.5 Å². The number of carbonyl (C=O) groups excluding carboxylic acids is 1. The van der Waals surface area contributed by atoms with Crippen LogP contribution in [0.4, 0.5) is 0 Å². The molecule has 0 aliphatic carbocycles. The highest BCUT2D eigenvalue weighted by atomic mass is 16.5. The molecular formula is C11H15NO2. The maximum absolute atomic E-state index is 11.2. The van der Waals surface area contributed by atoms with Crippen LogP contribution in [-0.4, -0.2) is 12.0 Å². The molecule has 0 saturated carbocycles. The first-order chi connectivity index (χ1) is 6.63. The first-order valence-corrected chi connectivity index (χ1v) is 4.69. The maximum atomic E-state index is 11.2. The summed E-state index contributed by atoms with van der Waals surface area (Å²) in [5, 5.41) is 0. The van der Waals surface area contributed by atoms with Gasteiger partial charge < -0.3 is 10.5 Å². The summed E-state index contributed by atoms with van der Waals surface area (Å²) in [5.41, 5.74) is 6.52. The third kappa shape index (κ3) is 2.85. The molecular weight excluding hydrogens is 178 g/mol. The molecule has 1 rings (SSSR count). The molecule has 3 heteroatoms. The van der Waals surface area contributed by atoms with Crippen molar-refractivity contribution >= 4 is 5.97 Å². The molecule has 0 aliphatic rings. The van der Waals surface area contributed by atoms with Gasteiger partial charge in [-0.05, 0) is 31.0 Å². The average Bonchev–Trinajstić information content (AvgIpc) is 2.18. The van der Waals surface area contributed by atoms with Gasteiger partial charge in [-0.2, -0.15) is 0 Å². The lowest BCUT2D eigenvalue weighted by molar-refractivity contribution is -0.135. The minimum Gasteiger partial charge on any atom is -0.425 e. The molecule has 2 N–H and O–H groups in total. The SMILES string of the molecule is CCc1cccc(OC(=O)C(C)N)c1. The van der Waals surface area contributed by atoms with E-state index in [9.17, 15) is 4.79 Å². The van der Waals surface area contributed by atoms with Gasteiger partial charge in [0.2, 0.25) is 0 Å². The van der Waals surface area contributed by atoms with Crippen molar-refractivity contribution in [2.24, 2.45) is 5.73 Å². The van der Waals surface area contributed by atoms with Crippen molar-refractivity contribution in [2.75, 3.05) is 0 Å². The minimum absolute atomic E-state index is 0.404. The Morgan fingerprint density at radius 2 is 2.29 bits per heavy atom. The van der Waals surface area contributed by atoms with Crippen molar-refractivity contribution in [2.45, 2.75) is 26.3 Å². The molecule has 0 bridgehead atoms. The van der Waals surface area contributed by atoms with Gasteiger partial charge in [-0.1, -0.05) is 19.1 Å². The van der Waals surface area contributed by atoms with Crippen LogP contribution in [-0.2, 0) is 11.2 Å². The lowest BCUT2D eigenvalue weighted by Gasteiger charge is -2.07. The van der Waals surface area contributed by atoms with Gasteiger partial charge in [0.25, 0.3) is 0 Å². The number of nitrogens with two attached hydrogens (primary N) is 1. The first kappa shape index (κ1) is 10.7. The zero-order valence-electron chi connectivity index (χ0n) is 8.49. The summed E-state index contributed by atoms with van der Waals surface area (Å²) in [6.07, 6.45) is 0.920. The number of carbonyl (C=O) groups is 1. The normalized spacial score (nSPS) is 12.2. The van der Waals surface area contributed by atoms with Crippen LogP contribution >= 0.6 is 0 Å². The summed E-state index contributed by atoms with van der Waals surface area (Å²) in [6.45, 7) is 3.65. The van der Waals surface area contributed by atoms with Crippen LogP contribution in [0.1, 0.15) is 19.4 Å². The zero-order valence-corrected chi connectivity index (χ0v) is 8.49. The standard InChI is InChI=1S/C11H15NO2/c1-3-9-5-4-6-10(7-9)14-11(13)8(2)12/h4-8H,3,12H2,1-2H3. The second-order valence-electron chi connectivity index (χ2n) is 3.21. The average molecular weight is 193 g/mol. The number of hydrogen-bond donors (Lipinski definition) is 1. The van der Waals surface area contributed by atoms with Crippen molar-refractivity contribution in [3.05, 3.63) is 29.8 Å². The van der Waals surface area contributed by atoms with Gasteiger partial charge in [0.15, 0.2) is 0 Å². The van der Waals surface area contributed by atoms with Gasteiger partial charge >= 0.3 is 5.97 Å². The highest BCUT2D eigenvalue weighted by Gasteiger charge is 2.09. The third-order valence-corrected chi connectivity index (χ3v) is 1.90. The predicted octanol–water partition coefficient (Wildman–Crippen LogP) is 1.50. The van der Waals surface area contributed by atoms with Crippen LogP contribution in [0.25, 0.3) is 0 Å². The predicted molar refractivity (Wildman–Crippen MR) is 55.1 cm³/mol. The Hall–Kier alpha value is -1.35. The Morgan fingerprint density at radius 3 is 2.86 bits per heavy atom. The Labute approximate surface area is 83.9 Å². The second-order valence-corrected chi connectivity index (χ2v) is 3.21. The summed E-state index contributed by atoms with van der Waals surface area (Å²) < 4.78 is 5.05. The molecule has 14 heavy (non-hydrogen) atoms. The van der Waals surface area contributed by atoms with Crippen molar-refractivity contribution in [1.29, 1.82) is 0 Å². The number of aryl methyl sites for hydroxylation is 1. The summed E-state index contributed by atoms with van der Waals surface area (Å²) in [7, 11) is 0. The monoisotopic (exact) mass is 193 g/mol. The quantitative estimate of drug-likeness (QED) is 0.584. The van der Waals surface area contributed by atoms with E-state index in [-0.39, 0.29) is 0 Å².